The van der Waals surface area contributed by atoms with Crippen LogP contribution in [0.5, 0.6) is 0 Å². The number of aryl methyl sites for hydroxylation is 2. The quantitative estimate of drug-likeness (QED) is 0.293. The third-order valence-corrected chi connectivity index (χ3v) is 5.81. The molecule has 0 fully saturated rings. The van der Waals surface area contributed by atoms with E-state index in [1.807, 2.05) is 58.2 Å². The molecule has 2 aromatic rings. The Morgan fingerprint density at radius 1 is 0.607 bits per heavy atom. The Labute approximate surface area is 166 Å². The first-order chi connectivity index (χ1) is 13.1. The van der Waals surface area contributed by atoms with Gasteiger partial charge in [0.25, 0.3) is 0 Å². The molecule has 0 aromatic carbocycles. The van der Waals surface area contributed by atoms with Crippen molar-refractivity contribution in [3.8, 4) is 11.1 Å². The molecule has 0 aliphatic rings. The fourth-order valence-corrected chi connectivity index (χ4v) is 3.86. The number of hydrogen-bond acceptors (Lipinski definition) is 6. The number of hydrogen-bond donors (Lipinski definition) is 0. The average molecular weight is 429 g/mol. The van der Waals surface area contributed by atoms with Gasteiger partial charge in [0.15, 0.2) is 24.8 Å². The van der Waals surface area contributed by atoms with Crippen LogP contribution in [0.2, 0.25) is 0 Å². The first-order valence-electron chi connectivity index (χ1n) is 8.98. The minimum absolute atomic E-state index is 0.331. The zero-order chi connectivity index (χ0) is 20.6. The number of nitrogens with zero attached hydrogens (tertiary/aromatic N) is 2. The zero-order valence-corrected chi connectivity index (χ0v) is 17.1. The van der Waals surface area contributed by atoms with Crippen LogP contribution >= 0.6 is 0 Å². The fourth-order valence-electron chi connectivity index (χ4n) is 2.74. The number of unbranched alkanes of at least 4 members (excludes halogenated alkanes) is 2. The van der Waals surface area contributed by atoms with Crippen molar-refractivity contribution in [2.75, 3.05) is 11.5 Å². The maximum atomic E-state index is 10.6. The van der Waals surface area contributed by atoms with Crippen LogP contribution in [0, 0.1) is 0 Å². The summed E-state index contributed by atoms with van der Waals surface area (Å²) in [5.41, 5.74) is 2.06. The summed E-state index contributed by atoms with van der Waals surface area (Å²) in [6.07, 6.45) is 9.56. The van der Waals surface area contributed by atoms with Gasteiger partial charge in [-0.3, -0.25) is 0 Å². The molecule has 0 atom stereocenters. The second kappa shape index (κ2) is 10.1. The lowest BCUT2D eigenvalue weighted by atomic mass is 10.1. The minimum Gasteiger partial charge on any atom is -0.748 e. The Kier molecular flexibility index (Phi) is 8.05. The van der Waals surface area contributed by atoms with Gasteiger partial charge in [0.05, 0.1) is 20.2 Å². The molecule has 0 saturated carbocycles. The fraction of sp³-hybridized carbons (Fsp3) is 0.444. The Bertz CT molecular complexity index is 875. The molecular weight excluding hydrogens is 404 g/mol. The smallest absolute Gasteiger partial charge is 0.169 e. The van der Waals surface area contributed by atoms with Gasteiger partial charge in [-0.2, -0.15) is 0 Å². The van der Waals surface area contributed by atoms with Crippen LogP contribution < -0.4 is 9.13 Å². The molecular formula is C18H24N2O6S2. The maximum Gasteiger partial charge on any atom is 0.169 e. The van der Waals surface area contributed by atoms with Crippen LogP contribution in [-0.2, 0) is 33.3 Å². The molecule has 0 spiro atoms. The summed E-state index contributed by atoms with van der Waals surface area (Å²) >= 11 is 0. The van der Waals surface area contributed by atoms with E-state index >= 15 is 0 Å². The summed E-state index contributed by atoms with van der Waals surface area (Å²) in [5, 5.41) is 0. The van der Waals surface area contributed by atoms with Crippen LogP contribution in [0.25, 0.3) is 11.1 Å². The molecule has 2 heterocycles. The van der Waals surface area contributed by atoms with E-state index < -0.39 is 20.2 Å². The van der Waals surface area contributed by atoms with Gasteiger partial charge < -0.3 is 9.11 Å². The lowest BCUT2D eigenvalue weighted by Crippen LogP contribution is -2.33. The minimum atomic E-state index is -4.14. The van der Waals surface area contributed by atoms with E-state index in [2.05, 4.69) is 0 Å². The molecule has 0 radical (unpaired) electrons. The Balaban J connectivity index is 1.83. The van der Waals surface area contributed by atoms with Gasteiger partial charge in [-0.05, 0) is 24.0 Å². The van der Waals surface area contributed by atoms with Crippen LogP contribution in [0.4, 0.5) is 0 Å². The van der Waals surface area contributed by atoms with Crippen molar-refractivity contribution in [3.63, 3.8) is 0 Å². The summed E-state index contributed by atoms with van der Waals surface area (Å²) in [7, 11) is -8.28. The molecule has 0 aliphatic heterocycles. The van der Waals surface area contributed by atoms with Crippen molar-refractivity contribution in [3.05, 3.63) is 49.1 Å². The lowest BCUT2D eigenvalue weighted by Gasteiger charge is -2.05. The van der Waals surface area contributed by atoms with Crippen molar-refractivity contribution in [1.82, 2.24) is 0 Å². The van der Waals surface area contributed by atoms with E-state index in [4.69, 9.17) is 0 Å². The van der Waals surface area contributed by atoms with Gasteiger partial charge in [0.1, 0.15) is 13.1 Å². The molecule has 28 heavy (non-hydrogen) atoms. The Hall–Kier alpha value is -1.88. The normalized spacial score (nSPS) is 12.2. The highest BCUT2D eigenvalue weighted by Gasteiger charge is 2.07. The number of pyridine rings is 2. The van der Waals surface area contributed by atoms with Crippen LogP contribution in [0.15, 0.2) is 49.1 Å². The highest BCUT2D eigenvalue weighted by molar-refractivity contribution is 7.85. The second-order valence-corrected chi connectivity index (χ2v) is 9.63. The summed E-state index contributed by atoms with van der Waals surface area (Å²) in [5.74, 6) is -0.662. The van der Waals surface area contributed by atoms with E-state index in [0.717, 1.165) is 11.1 Å². The molecule has 2 aromatic heterocycles. The SMILES string of the molecule is O=S(=O)([O-])CCCC[n+]1ccc(-c2cc[n+](CCCCS(=O)(=O)[O-])cc2)cc1. The van der Waals surface area contributed by atoms with Gasteiger partial charge in [0.2, 0.25) is 0 Å². The van der Waals surface area contributed by atoms with Gasteiger partial charge in [-0.1, -0.05) is 0 Å². The molecule has 154 valence electrons. The van der Waals surface area contributed by atoms with Crippen molar-refractivity contribution in [1.29, 1.82) is 0 Å². The summed E-state index contributed by atoms with van der Waals surface area (Å²) < 4.78 is 67.4. The predicted octanol–water partition coefficient (Wildman–Crippen LogP) is 0.579. The number of aromatic nitrogens is 2. The Morgan fingerprint density at radius 3 is 1.21 bits per heavy atom. The lowest BCUT2D eigenvalue weighted by molar-refractivity contribution is -0.697. The summed E-state index contributed by atoms with van der Waals surface area (Å²) in [6.45, 7) is 1.29. The molecule has 0 saturated heterocycles. The van der Waals surface area contributed by atoms with E-state index in [1.165, 1.54) is 0 Å². The van der Waals surface area contributed by atoms with Crippen molar-refractivity contribution >= 4 is 20.2 Å². The zero-order valence-electron chi connectivity index (χ0n) is 15.4. The van der Waals surface area contributed by atoms with E-state index in [0.29, 0.717) is 38.8 Å². The average Bonchev–Trinajstić information content (AvgIpc) is 2.62. The van der Waals surface area contributed by atoms with E-state index in [-0.39, 0.29) is 11.5 Å². The van der Waals surface area contributed by atoms with Crippen molar-refractivity contribution in [2.45, 2.75) is 38.8 Å². The molecule has 10 heteroatoms. The van der Waals surface area contributed by atoms with Gasteiger partial charge in [0, 0.05) is 48.6 Å². The predicted molar refractivity (Wildman–Crippen MR) is 99.9 cm³/mol. The third-order valence-electron chi connectivity index (χ3n) is 4.24. The van der Waals surface area contributed by atoms with Gasteiger partial charge >= 0.3 is 0 Å². The first kappa shape index (κ1) is 22.4. The highest BCUT2D eigenvalue weighted by Crippen LogP contribution is 2.15. The molecule has 0 aliphatic carbocycles. The highest BCUT2D eigenvalue weighted by atomic mass is 32.2. The van der Waals surface area contributed by atoms with Crippen LogP contribution in [0.1, 0.15) is 25.7 Å². The van der Waals surface area contributed by atoms with Crippen molar-refractivity contribution in [2.24, 2.45) is 0 Å². The molecule has 0 amide bonds. The van der Waals surface area contributed by atoms with Crippen LogP contribution in [-0.4, -0.2) is 37.4 Å². The summed E-state index contributed by atoms with van der Waals surface area (Å²) in [4.78, 5) is 0. The van der Waals surface area contributed by atoms with E-state index in [9.17, 15) is 25.9 Å². The Morgan fingerprint density at radius 2 is 0.929 bits per heavy atom. The molecule has 0 bridgehead atoms. The maximum absolute atomic E-state index is 10.6. The second-order valence-electron chi connectivity index (χ2n) is 6.59. The molecule has 8 nitrogen and oxygen atoms in total. The van der Waals surface area contributed by atoms with Crippen molar-refractivity contribution < 1.29 is 35.1 Å². The third kappa shape index (κ3) is 8.87. The molecule has 2 rings (SSSR count). The molecule has 0 N–H and O–H groups in total. The van der Waals surface area contributed by atoms with Gasteiger partial charge in [-0.25, -0.2) is 26.0 Å². The largest absolute Gasteiger partial charge is 0.748 e. The first-order valence-corrected chi connectivity index (χ1v) is 12.1. The van der Waals surface area contributed by atoms with E-state index in [1.54, 1.807) is 0 Å². The number of rotatable bonds is 11. The topological polar surface area (TPSA) is 122 Å². The monoisotopic (exact) mass is 428 g/mol. The van der Waals surface area contributed by atoms with Crippen LogP contribution in [0.3, 0.4) is 0 Å². The molecule has 0 unspecified atom stereocenters. The summed E-state index contributed by atoms with van der Waals surface area (Å²) in [6, 6.07) is 7.85. The standard InChI is InChI=1S/C18H24N2O6S2/c21-27(22,23)15-3-1-9-19-11-5-17(6-12-19)18-7-13-20(14-8-18)10-2-4-16-28(24,25)26/h5-8,11-14H,1-4,9-10,15-16H2. The van der Waals surface area contributed by atoms with Gasteiger partial charge in [-0.15, -0.1) is 0 Å².